The van der Waals surface area contributed by atoms with E-state index in [1.165, 1.54) is 11.0 Å². The smallest absolute Gasteiger partial charge is 0.414 e. The van der Waals surface area contributed by atoms with Crippen molar-refractivity contribution < 1.29 is 18.7 Å². The number of nitriles is 1. The average Bonchev–Trinajstić information content (AvgIpc) is 3.51. The highest BCUT2D eigenvalue weighted by molar-refractivity contribution is 5.90. The molecule has 3 aromatic rings. The molecule has 3 atom stereocenters. The topological polar surface area (TPSA) is 124 Å². The van der Waals surface area contributed by atoms with Gasteiger partial charge in [-0.25, -0.2) is 13.9 Å². The van der Waals surface area contributed by atoms with Gasteiger partial charge in [0.2, 0.25) is 5.91 Å². The maximum atomic E-state index is 15.3. The molecule has 222 valence electrons. The van der Waals surface area contributed by atoms with E-state index < -0.39 is 23.4 Å². The van der Waals surface area contributed by atoms with Crippen LogP contribution in [0.2, 0.25) is 0 Å². The molecule has 13 heteroatoms. The number of fused-ring (bicyclic) bond motifs is 1. The molecule has 2 unspecified atom stereocenters. The fourth-order valence-corrected chi connectivity index (χ4v) is 6.80. The monoisotopic (exact) mass is 585 g/mol. The molecule has 4 fully saturated rings. The van der Waals surface area contributed by atoms with E-state index in [2.05, 4.69) is 38.2 Å². The molecule has 3 saturated heterocycles. The number of hydrogen-bond donors (Lipinski definition) is 0. The van der Waals surface area contributed by atoms with Crippen molar-refractivity contribution in [3.8, 4) is 17.2 Å². The molecule has 4 aliphatic rings. The van der Waals surface area contributed by atoms with Crippen molar-refractivity contribution in [2.24, 2.45) is 11.8 Å². The molecule has 2 amide bonds. The first kappa shape index (κ1) is 27.4. The summed E-state index contributed by atoms with van der Waals surface area (Å²) in [5.41, 5.74) is 1.26. The van der Waals surface area contributed by atoms with Crippen LogP contribution in [0.1, 0.15) is 5.69 Å². The predicted octanol–water partition coefficient (Wildman–Crippen LogP) is 1.60. The highest BCUT2D eigenvalue weighted by atomic mass is 19.1. The van der Waals surface area contributed by atoms with Crippen LogP contribution in [-0.4, -0.2) is 112 Å². The van der Waals surface area contributed by atoms with Gasteiger partial charge in [0.1, 0.15) is 17.3 Å². The number of cyclic esters (lactones) is 1. The summed E-state index contributed by atoms with van der Waals surface area (Å²) in [6.45, 7) is 5.87. The SMILES string of the molecule is CN1CCN(CC(=O)N2CC3C(C2)C3(C#N)c2ccc(-c3ccc(N4C[C@H](Cn5ccnn5)OC4=O)cc3F)cn2)CC1. The highest BCUT2D eigenvalue weighted by Gasteiger charge is 2.71. The molecular formula is C30H32FN9O3. The number of aromatic nitrogens is 4. The summed E-state index contributed by atoms with van der Waals surface area (Å²) in [5.74, 6) is -0.264. The van der Waals surface area contributed by atoms with E-state index in [0.29, 0.717) is 48.7 Å². The lowest BCUT2D eigenvalue weighted by atomic mass is 9.95. The van der Waals surface area contributed by atoms with Crippen LogP contribution in [0.25, 0.3) is 11.1 Å². The minimum absolute atomic E-state index is 0.0527. The van der Waals surface area contributed by atoms with Gasteiger partial charge in [-0.2, -0.15) is 5.26 Å². The number of amides is 2. The van der Waals surface area contributed by atoms with Crippen LogP contribution in [0.15, 0.2) is 48.9 Å². The number of carbonyl (C=O) groups excluding carboxylic acids is 2. The summed E-state index contributed by atoms with van der Waals surface area (Å²) in [5, 5.41) is 17.8. The zero-order chi connectivity index (χ0) is 29.7. The second kappa shape index (κ2) is 10.7. The lowest BCUT2D eigenvalue weighted by molar-refractivity contribution is -0.132. The molecule has 0 radical (unpaired) electrons. The zero-order valence-electron chi connectivity index (χ0n) is 23.8. The van der Waals surface area contributed by atoms with E-state index >= 15 is 4.39 Å². The van der Waals surface area contributed by atoms with Crippen LogP contribution >= 0.6 is 0 Å². The molecular weight excluding hydrogens is 553 g/mol. The van der Waals surface area contributed by atoms with Crippen molar-refractivity contribution in [1.82, 2.24) is 34.7 Å². The van der Waals surface area contributed by atoms with Crippen LogP contribution in [0.3, 0.4) is 0 Å². The van der Waals surface area contributed by atoms with E-state index in [1.807, 2.05) is 4.90 Å². The highest BCUT2D eigenvalue weighted by Crippen LogP contribution is 2.62. The van der Waals surface area contributed by atoms with Gasteiger partial charge in [0.05, 0.1) is 43.3 Å². The molecule has 0 bridgehead atoms. The number of benzene rings is 1. The van der Waals surface area contributed by atoms with E-state index in [-0.39, 0.29) is 24.3 Å². The number of hydrogen-bond acceptors (Lipinski definition) is 9. The average molecular weight is 586 g/mol. The molecule has 3 aliphatic heterocycles. The number of likely N-dealkylation sites (tertiary alicyclic amines) is 1. The Morgan fingerprint density at radius 3 is 2.58 bits per heavy atom. The van der Waals surface area contributed by atoms with Gasteiger partial charge in [-0.1, -0.05) is 11.3 Å². The Morgan fingerprint density at radius 1 is 1.14 bits per heavy atom. The molecule has 12 nitrogen and oxygen atoms in total. The predicted molar refractivity (Wildman–Crippen MR) is 152 cm³/mol. The van der Waals surface area contributed by atoms with Crippen molar-refractivity contribution in [3.05, 3.63) is 60.4 Å². The van der Waals surface area contributed by atoms with Crippen molar-refractivity contribution in [3.63, 3.8) is 0 Å². The maximum Gasteiger partial charge on any atom is 0.414 e. The third kappa shape index (κ3) is 4.90. The van der Waals surface area contributed by atoms with Gasteiger partial charge in [-0.3, -0.25) is 19.6 Å². The molecule has 0 N–H and O–H groups in total. The number of carbonyl (C=O) groups is 2. The fraction of sp³-hybridized carbons (Fsp3) is 0.467. The van der Waals surface area contributed by atoms with Gasteiger partial charge in [-0.15, -0.1) is 5.10 Å². The summed E-state index contributed by atoms with van der Waals surface area (Å²) in [4.78, 5) is 37.8. The lowest BCUT2D eigenvalue weighted by Gasteiger charge is -2.33. The molecule has 5 heterocycles. The second-order valence-electron chi connectivity index (χ2n) is 11.9. The number of likely N-dealkylation sites (N-methyl/N-ethyl adjacent to an activating group) is 1. The summed E-state index contributed by atoms with van der Waals surface area (Å²) in [7, 11) is 2.09. The Balaban J connectivity index is 0.991. The third-order valence-electron chi connectivity index (χ3n) is 9.37. The first-order valence-corrected chi connectivity index (χ1v) is 14.5. The van der Waals surface area contributed by atoms with Crippen molar-refractivity contribution >= 4 is 17.7 Å². The molecule has 1 aliphatic carbocycles. The van der Waals surface area contributed by atoms with Crippen molar-refractivity contribution in [2.75, 3.05) is 64.3 Å². The minimum Gasteiger partial charge on any atom is -0.442 e. The Labute approximate surface area is 248 Å². The number of nitrogens with zero attached hydrogens (tertiary/aromatic N) is 9. The minimum atomic E-state index is -0.718. The number of pyridine rings is 1. The molecule has 7 rings (SSSR count). The third-order valence-corrected chi connectivity index (χ3v) is 9.37. The van der Waals surface area contributed by atoms with Crippen molar-refractivity contribution in [1.29, 1.82) is 5.26 Å². The van der Waals surface area contributed by atoms with Gasteiger partial charge < -0.3 is 14.5 Å². The van der Waals surface area contributed by atoms with E-state index in [0.717, 1.165) is 26.2 Å². The van der Waals surface area contributed by atoms with Crippen molar-refractivity contribution in [2.45, 2.75) is 18.1 Å². The van der Waals surface area contributed by atoms with E-state index in [9.17, 15) is 14.9 Å². The molecule has 2 aromatic heterocycles. The van der Waals surface area contributed by atoms with Crippen LogP contribution in [0.4, 0.5) is 14.9 Å². The summed E-state index contributed by atoms with van der Waals surface area (Å²) >= 11 is 0. The van der Waals surface area contributed by atoms with E-state index in [1.54, 1.807) is 47.5 Å². The summed E-state index contributed by atoms with van der Waals surface area (Å²) in [6.07, 6.45) is 3.86. The van der Waals surface area contributed by atoms with Gasteiger partial charge in [-0.05, 0) is 31.3 Å². The van der Waals surface area contributed by atoms with Gasteiger partial charge in [0.15, 0.2) is 0 Å². The van der Waals surface area contributed by atoms with Gasteiger partial charge in [0, 0.05) is 74.6 Å². The molecule has 43 heavy (non-hydrogen) atoms. The quantitative estimate of drug-likeness (QED) is 0.407. The number of anilines is 1. The Hall–Kier alpha value is -4.41. The van der Waals surface area contributed by atoms with E-state index in [4.69, 9.17) is 4.74 Å². The number of piperazine rings is 1. The largest absolute Gasteiger partial charge is 0.442 e. The van der Waals surface area contributed by atoms with Crippen LogP contribution in [0.5, 0.6) is 0 Å². The Morgan fingerprint density at radius 2 is 1.93 bits per heavy atom. The normalized spacial score (nSPS) is 27.2. The zero-order valence-corrected chi connectivity index (χ0v) is 23.8. The first-order valence-electron chi connectivity index (χ1n) is 14.5. The standard InChI is InChI=1S/C30H32FN9O3/c1-36-8-10-37(11-9-36)18-28(41)38-16-24-25(17-38)30(24,19-32)27-5-2-20(13-33-27)23-4-3-21(12-26(23)31)40-15-22(43-29(40)42)14-39-7-6-34-35-39/h2-7,12-13,22,24-25H,8-11,14-18H2,1H3/t22-,24?,25?,30?/m0/s1. The summed E-state index contributed by atoms with van der Waals surface area (Å²) < 4.78 is 22.3. The molecule has 0 spiro atoms. The van der Waals surface area contributed by atoms with Crippen LogP contribution in [-0.2, 0) is 21.5 Å². The fourth-order valence-electron chi connectivity index (χ4n) is 6.80. The van der Waals surface area contributed by atoms with Gasteiger partial charge >= 0.3 is 6.09 Å². The number of piperidine rings is 1. The maximum absolute atomic E-state index is 15.3. The Bertz CT molecular complexity index is 1550. The molecule has 1 aromatic carbocycles. The number of halogens is 1. The summed E-state index contributed by atoms with van der Waals surface area (Å²) in [6, 6.07) is 10.7. The van der Waals surface area contributed by atoms with Crippen LogP contribution in [0, 0.1) is 29.0 Å². The molecule has 1 saturated carbocycles. The second-order valence-corrected chi connectivity index (χ2v) is 11.9. The Kier molecular flexibility index (Phi) is 6.82. The van der Waals surface area contributed by atoms with Gasteiger partial charge in [0.25, 0.3) is 0 Å². The van der Waals surface area contributed by atoms with Crippen LogP contribution < -0.4 is 4.90 Å². The first-order chi connectivity index (χ1) is 20.9. The number of rotatable bonds is 7. The number of ether oxygens (including phenoxy) is 1. The lowest BCUT2D eigenvalue weighted by Crippen LogP contribution is -2.49.